The number of aromatic nitrogens is 5. The van der Waals surface area contributed by atoms with Gasteiger partial charge < -0.3 is 4.74 Å². The fourth-order valence-corrected chi connectivity index (χ4v) is 2.09. The van der Waals surface area contributed by atoms with E-state index in [9.17, 15) is 0 Å². The first kappa shape index (κ1) is 10.8. The van der Waals surface area contributed by atoms with E-state index in [1.54, 1.807) is 24.2 Å². The Balaban J connectivity index is 2.24. The molecule has 0 bridgehead atoms. The lowest BCUT2D eigenvalue weighted by molar-refractivity contribution is 0.375. The lowest BCUT2D eigenvalue weighted by Gasteiger charge is -2.05. The van der Waals surface area contributed by atoms with Crippen LogP contribution in [0.25, 0.3) is 22.2 Å². The summed E-state index contributed by atoms with van der Waals surface area (Å²) < 4.78 is 7.03. The van der Waals surface area contributed by atoms with Crippen LogP contribution in [-0.2, 0) is 7.05 Å². The van der Waals surface area contributed by atoms with E-state index < -0.39 is 0 Å². The number of nitrogens with one attached hydrogen (secondary N) is 1. The Hall–Kier alpha value is -2.37. The topological polar surface area (TPSA) is 68.6 Å². The summed E-state index contributed by atoms with van der Waals surface area (Å²) in [6, 6.07) is 1.98. The third kappa shape index (κ3) is 1.46. The lowest BCUT2D eigenvalue weighted by Crippen LogP contribution is -1.96. The van der Waals surface area contributed by atoms with Crippen LogP contribution in [0.2, 0.25) is 0 Å². The molecule has 3 aromatic heterocycles. The third-order valence-electron chi connectivity index (χ3n) is 2.96. The second kappa shape index (κ2) is 3.83. The maximum atomic E-state index is 5.34. The smallest absolute Gasteiger partial charge is 0.220 e. The summed E-state index contributed by atoms with van der Waals surface area (Å²) >= 11 is 0. The maximum absolute atomic E-state index is 5.34. The highest BCUT2D eigenvalue weighted by Gasteiger charge is 2.14. The number of H-pyrrole nitrogens is 1. The number of fused-ring (bicyclic) bond motifs is 1. The molecule has 0 unspecified atom stereocenters. The van der Waals surface area contributed by atoms with E-state index in [4.69, 9.17) is 4.74 Å². The van der Waals surface area contributed by atoms with E-state index >= 15 is 0 Å². The largest absolute Gasteiger partial charge is 0.481 e. The first-order valence-electron chi connectivity index (χ1n) is 5.58. The van der Waals surface area contributed by atoms with Gasteiger partial charge in [0.05, 0.1) is 42.0 Å². The molecule has 0 aliphatic carbocycles. The van der Waals surface area contributed by atoms with E-state index in [0.29, 0.717) is 5.88 Å². The quantitative estimate of drug-likeness (QED) is 0.743. The molecule has 0 spiro atoms. The molecule has 3 heterocycles. The van der Waals surface area contributed by atoms with Gasteiger partial charge in [-0.1, -0.05) is 0 Å². The van der Waals surface area contributed by atoms with Crippen LogP contribution in [0.4, 0.5) is 0 Å². The van der Waals surface area contributed by atoms with Gasteiger partial charge in [0.25, 0.3) is 0 Å². The zero-order chi connectivity index (χ0) is 12.7. The molecule has 0 aliphatic rings. The van der Waals surface area contributed by atoms with E-state index in [-0.39, 0.29) is 0 Å². The van der Waals surface area contributed by atoms with Gasteiger partial charge in [0.2, 0.25) is 5.88 Å². The predicted molar refractivity (Wildman–Crippen MR) is 67.4 cm³/mol. The average Bonchev–Trinajstić information content (AvgIpc) is 2.95. The van der Waals surface area contributed by atoms with Crippen LogP contribution in [0.3, 0.4) is 0 Å². The molecule has 1 N–H and O–H groups in total. The minimum atomic E-state index is 0.699. The monoisotopic (exact) mass is 243 g/mol. The highest BCUT2D eigenvalue weighted by atomic mass is 16.5. The van der Waals surface area contributed by atoms with Gasteiger partial charge in [-0.15, -0.1) is 0 Å². The van der Waals surface area contributed by atoms with Crippen molar-refractivity contribution in [1.82, 2.24) is 25.0 Å². The molecule has 0 atom stereocenters. The highest BCUT2D eigenvalue weighted by molar-refractivity contribution is 5.84. The minimum absolute atomic E-state index is 0.699. The van der Waals surface area contributed by atoms with Gasteiger partial charge in [0.15, 0.2) is 0 Å². The molecule has 3 rings (SSSR count). The second-order valence-corrected chi connectivity index (χ2v) is 4.12. The molecule has 92 valence electrons. The Labute approximate surface area is 104 Å². The van der Waals surface area contributed by atoms with E-state index in [1.807, 2.05) is 20.0 Å². The molecule has 0 aliphatic heterocycles. The Morgan fingerprint density at radius 1 is 1.33 bits per heavy atom. The summed E-state index contributed by atoms with van der Waals surface area (Å²) in [6.45, 7) is 1.95. The molecule has 0 fully saturated rings. The molecule has 0 saturated heterocycles. The Morgan fingerprint density at radius 2 is 2.17 bits per heavy atom. The van der Waals surface area contributed by atoms with Crippen LogP contribution in [0.15, 0.2) is 18.5 Å². The first-order chi connectivity index (χ1) is 8.70. The third-order valence-corrected chi connectivity index (χ3v) is 2.96. The number of ether oxygens (including phenoxy) is 1. The van der Waals surface area contributed by atoms with E-state index in [2.05, 4.69) is 20.3 Å². The zero-order valence-corrected chi connectivity index (χ0v) is 10.4. The average molecular weight is 243 g/mol. The van der Waals surface area contributed by atoms with E-state index in [1.165, 1.54) is 0 Å². The first-order valence-corrected chi connectivity index (χ1v) is 5.58. The fourth-order valence-electron chi connectivity index (χ4n) is 2.09. The summed E-state index contributed by atoms with van der Waals surface area (Å²) in [6.07, 6.45) is 3.54. The summed E-state index contributed by atoms with van der Waals surface area (Å²) in [4.78, 5) is 4.56. The summed E-state index contributed by atoms with van der Waals surface area (Å²) in [7, 11) is 3.47. The highest BCUT2D eigenvalue weighted by Crippen LogP contribution is 2.30. The maximum Gasteiger partial charge on any atom is 0.220 e. The number of nitrogens with zero attached hydrogens (tertiary/aromatic N) is 4. The molecule has 18 heavy (non-hydrogen) atoms. The minimum Gasteiger partial charge on any atom is -0.481 e. The van der Waals surface area contributed by atoms with Gasteiger partial charge in [0.1, 0.15) is 0 Å². The zero-order valence-electron chi connectivity index (χ0n) is 10.4. The van der Waals surface area contributed by atoms with Crippen LogP contribution in [0.1, 0.15) is 5.69 Å². The summed E-state index contributed by atoms with van der Waals surface area (Å²) in [5.41, 5.74) is 3.59. The van der Waals surface area contributed by atoms with Crippen LogP contribution in [-0.4, -0.2) is 32.1 Å². The van der Waals surface area contributed by atoms with Crippen molar-refractivity contribution in [2.24, 2.45) is 7.05 Å². The lowest BCUT2D eigenvalue weighted by atomic mass is 10.1. The molecule has 6 nitrogen and oxygen atoms in total. The summed E-state index contributed by atoms with van der Waals surface area (Å²) in [5.74, 6) is 0.699. The van der Waals surface area contributed by atoms with Gasteiger partial charge in [-0.2, -0.15) is 10.2 Å². The van der Waals surface area contributed by atoms with Crippen molar-refractivity contribution in [2.45, 2.75) is 6.92 Å². The van der Waals surface area contributed by atoms with E-state index in [0.717, 1.165) is 27.9 Å². The molecular weight excluding hydrogens is 230 g/mol. The van der Waals surface area contributed by atoms with Gasteiger partial charge in [-0.25, -0.2) is 4.68 Å². The van der Waals surface area contributed by atoms with Gasteiger partial charge >= 0.3 is 0 Å². The van der Waals surface area contributed by atoms with Crippen LogP contribution in [0, 0.1) is 6.92 Å². The normalized spacial score (nSPS) is 11.1. The fraction of sp³-hybridized carbons (Fsp3) is 0.250. The van der Waals surface area contributed by atoms with Crippen molar-refractivity contribution in [2.75, 3.05) is 7.11 Å². The Morgan fingerprint density at radius 3 is 2.94 bits per heavy atom. The molecular formula is C12H13N5O. The van der Waals surface area contributed by atoms with Gasteiger partial charge in [-0.3, -0.25) is 10.1 Å². The number of hydrogen-bond donors (Lipinski definition) is 1. The SMILES string of the molecule is COc1c(-c2cc3cn[nH]c3c(C)n2)cnn1C. The Kier molecular flexibility index (Phi) is 2.29. The number of hydrogen-bond acceptors (Lipinski definition) is 4. The van der Waals surface area contributed by atoms with Crippen molar-refractivity contribution >= 4 is 10.9 Å². The van der Waals surface area contributed by atoms with Crippen molar-refractivity contribution in [3.05, 3.63) is 24.2 Å². The Bertz CT molecular complexity index is 712. The molecule has 6 heteroatoms. The number of methoxy groups -OCH3 is 1. The van der Waals surface area contributed by atoms with Crippen molar-refractivity contribution in [3.63, 3.8) is 0 Å². The number of pyridine rings is 1. The van der Waals surface area contributed by atoms with Gasteiger partial charge in [-0.05, 0) is 13.0 Å². The standard InChI is InChI=1S/C12H13N5O/c1-7-11-8(5-13-16-11)4-10(15-7)9-6-14-17(2)12(9)18-3/h4-6H,1-3H3,(H,13,16). The number of aromatic amines is 1. The molecule has 0 radical (unpaired) electrons. The molecule has 0 amide bonds. The number of aryl methyl sites for hydroxylation is 2. The van der Waals surface area contributed by atoms with Crippen molar-refractivity contribution in [3.8, 4) is 17.1 Å². The predicted octanol–water partition coefficient (Wildman–Crippen LogP) is 1.68. The molecule has 0 saturated carbocycles. The van der Waals surface area contributed by atoms with Crippen molar-refractivity contribution in [1.29, 1.82) is 0 Å². The van der Waals surface area contributed by atoms with Crippen LogP contribution in [0.5, 0.6) is 5.88 Å². The van der Waals surface area contributed by atoms with Crippen molar-refractivity contribution < 1.29 is 4.74 Å². The number of rotatable bonds is 2. The summed E-state index contributed by atoms with van der Waals surface area (Å²) in [5, 5.41) is 12.2. The van der Waals surface area contributed by atoms with Gasteiger partial charge in [0, 0.05) is 12.4 Å². The van der Waals surface area contributed by atoms with Crippen LogP contribution >= 0.6 is 0 Å². The molecule has 3 aromatic rings. The van der Waals surface area contributed by atoms with Crippen LogP contribution < -0.4 is 4.74 Å². The second-order valence-electron chi connectivity index (χ2n) is 4.12. The molecule has 0 aromatic carbocycles.